The number of aliphatic hydroxyl groups excluding tert-OH is 1. The quantitative estimate of drug-likeness (QED) is 0.204. The third kappa shape index (κ3) is 4.75. The van der Waals surface area contributed by atoms with Gasteiger partial charge in [0.25, 0.3) is 11.7 Å². The molecule has 0 radical (unpaired) electrons. The first-order valence-electron chi connectivity index (χ1n) is 11.7. The van der Waals surface area contributed by atoms with E-state index in [4.69, 9.17) is 9.47 Å². The maximum atomic E-state index is 13.4. The van der Waals surface area contributed by atoms with E-state index in [1.54, 1.807) is 49.6 Å². The van der Waals surface area contributed by atoms with Crippen molar-refractivity contribution in [1.82, 2.24) is 0 Å². The molecule has 7 heteroatoms. The van der Waals surface area contributed by atoms with Crippen molar-refractivity contribution in [3.8, 4) is 11.5 Å². The molecule has 0 bridgehead atoms. The van der Waals surface area contributed by atoms with E-state index in [-0.39, 0.29) is 11.3 Å². The standard InChI is InChI=1S/C29H28BrNO5/c1-5-36-22-13-11-21(12-14-22)31-26(19-8-6-18(7-9-19)17(2)3)25(28(33)29(31)34)27(32)20-10-15-24(35-4)23(30)16-20/h6-17,26,32H,5H2,1-4H3/b27-25-. The molecule has 1 aliphatic heterocycles. The summed E-state index contributed by atoms with van der Waals surface area (Å²) in [5.74, 6) is -0.116. The van der Waals surface area contributed by atoms with Crippen LogP contribution in [0.3, 0.4) is 0 Å². The highest BCUT2D eigenvalue weighted by atomic mass is 79.9. The highest BCUT2D eigenvalue weighted by molar-refractivity contribution is 9.10. The summed E-state index contributed by atoms with van der Waals surface area (Å²) in [4.78, 5) is 28.2. The number of nitrogens with zero attached hydrogens (tertiary/aromatic N) is 1. The molecule has 36 heavy (non-hydrogen) atoms. The zero-order chi connectivity index (χ0) is 26.0. The van der Waals surface area contributed by atoms with Gasteiger partial charge in [0.1, 0.15) is 17.3 Å². The van der Waals surface area contributed by atoms with Gasteiger partial charge < -0.3 is 14.6 Å². The highest BCUT2D eigenvalue weighted by Gasteiger charge is 2.47. The van der Waals surface area contributed by atoms with Gasteiger partial charge in [-0.15, -0.1) is 0 Å². The van der Waals surface area contributed by atoms with Crippen LogP contribution in [-0.2, 0) is 9.59 Å². The minimum absolute atomic E-state index is 0.0308. The molecule has 1 heterocycles. The number of benzene rings is 3. The maximum Gasteiger partial charge on any atom is 0.300 e. The van der Waals surface area contributed by atoms with Gasteiger partial charge in [-0.3, -0.25) is 14.5 Å². The van der Waals surface area contributed by atoms with E-state index in [1.165, 1.54) is 4.90 Å². The van der Waals surface area contributed by atoms with Gasteiger partial charge in [0.05, 0.1) is 29.8 Å². The zero-order valence-electron chi connectivity index (χ0n) is 20.6. The Morgan fingerprint density at radius 3 is 2.25 bits per heavy atom. The molecule has 1 atom stereocenters. The van der Waals surface area contributed by atoms with Crippen molar-refractivity contribution in [3.05, 3.63) is 93.5 Å². The average molecular weight is 550 g/mol. The average Bonchev–Trinajstić information content (AvgIpc) is 3.14. The van der Waals surface area contributed by atoms with Gasteiger partial charge in [0.2, 0.25) is 0 Å². The Morgan fingerprint density at radius 2 is 1.69 bits per heavy atom. The number of rotatable bonds is 7. The van der Waals surface area contributed by atoms with Crippen LogP contribution in [0.2, 0.25) is 0 Å². The molecule has 186 valence electrons. The smallest absolute Gasteiger partial charge is 0.300 e. The third-order valence-corrected chi connectivity index (χ3v) is 6.83. The first-order chi connectivity index (χ1) is 17.3. The van der Waals surface area contributed by atoms with E-state index in [2.05, 4.69) is 29.8 Å². The number of carbonyl (C=O) groups is 2. The first kappa shape index (κ1) is 25.5. The van der Waals surface area contributed by atoms with Crippen molar-refractivity contribution in [2.45, 2.75) is 32.7 Å². The lowest BCUT2D eigenvalue weighted by Gasteiger charge is -2.26. The third-order valence-electron chi connectivity index (χ3n) is 6.21. The van der Waals surface area contributed by atoms with Crippen LogP contribution in [0.5, 0.6) is 11.5 Å². The molecule has 0 spiro atoms. The number of carbonyl (C=O) groups excluding carboxylic acids is 2. The van der Waals surface area contributed by atoms with Crippen molar-refractivity contribution in [2.75, 3.05) is 18.6 Å². The SMILES string of the molecule is CCOc1ccc(N2C(=O)C(=O)/C(=C(\O)c3ccc(OC)c(Br)c3)C2c2ccc(C(C)C)cc2)cc1. The molecule has 3 aromatic carbocycles. The first-order valence-corrected chi connectivity index (χ1v) is 12.5. The van der Waals surface area contributed by atoms with Crippen LogP contribution in [0.15, 0.2) is 76.8 Å². The Balaban J connectivity index is 1.89. The molecule has 1 aliphatic rings. The lowest BCUT2D eigenvalue weighted by atomic mass is 9.93. The van der Waals surface area contributed by atoms with Crippen LogP contribution in [0.1, 0.15) is 49.4 Å². The second-order valence-corrected chi connectivity index (χ2v) is 9.62. The lowest BCUT2D eigenvalue weighted by molar-refractivity contribution is -0.132. The second kappa shape index (κ2) is 10.6. The number of hydrogen-bond acceptors (Lipinski definition) is 5. The molecular formula is C29H28BrNO5. The van der Waals surface area contributed by atoms with Crippen molar-refractivity contribution >= 4 is 39.1 Å². The molecule has 1 amide bonds. The summed E-state index contributed by atoms with van der Waals surface area (Å²) in [5, 5.41) is 11.3. The Morgan fingerprint density at radius 1 is 1.03 bits per heavy atom. The van der Waals surface area contributed by atoms with Crippen LogP contribution in [0.25, 0.3) is 5.76 Å². The monoisotopic (exact) mass is 549 g/mol. The number of ether oxygens (including phenoxy) is 2. The Hall–Kier alpha value is -3.58. The fourth-order valence-corrected chi connectivity index (χ4v) is 4.86. The van der Waals surface area contributed by atoms with E-state index < -0.39 is 17.7 Å². The van der Waals surface area contributed by atoms with E-state index >= 15 is 0 Å². The van der Waals surface area contributed by atoms with E-state index in [1.807, 2.05) is 31.2 Å². The Kier molecular flexibility index (Phi) is 7.50. The summed E-state index contributed by atoms with van der Waals surface area (Å²) in [6.45, 7) is 6.61. The molecule has 4 rings (SSSR count). The zero-order valence-corrected chi connectivity index (χ0v) is 22.2. The number of Topliss-reactive ketones (excluding diaryl/α,β-unsaturated/α-hetero) is 1. The molecule has 0 aromatic heterocycles. The number of aliphatic hydroxyl groups is 1. The van der Waals surface area contributed by atoms with Gasteiger partial charge in [-0.05, 0) is 82.4 Å². The lowest BCUT2D eigenvalue weighted by Crippen LogP contribution is -2.29. The molecule has 3 aromatic rings. The molecule has 6 nitrogen and oxygen atoms in total. The minimum Gasteiger partial charge on any atom is -0.507 e. The predicted octanol–water partition coefficient (Wildman–Crippen LogP) is 6.61. The van der Waals surface area contributed by atoms with Gasteiger partial charge in [-0.1, -0.05) is 38.1 Å². The number of methoxy groups -OCH3 is 1. The van der Waals surface area contributed by atoms with Crippen LogP contribution in [-0.4, -0.2) is 30.5 Å². The predicted molar refractivity (Wildman–Crippen MR) is 144 cm³/mol. The molecule has 1 saturated heterocycles. The van der Waals surface area contributed by atoms with Crippen LogP contribution >= 0.6 is 15.9 Å². The van der Waals surface area contributed by atoms with Crippen LogP contribution in [0, 0.1) is 0 Å². The number of ketones is 1. The van der Waals surface area contributed by atoms with Crippen molar-refractivity contribution in [3.63, 3.8) is 0 Å². The maximum absolute atomic E-state index is 13.4. The van der Waals surface area contributed by atoms with Gasteiger partial charge in [-0.2, -0.15) is 0 Å². The van der Waals surface area contributed by atoms with Gasteiger partial charge in [-0.25, -0.2) is 0 Å². The topological polar surface area (TPSA) is 76.1 Å². The Labute approximate surface area is 219 Å². The largest absolute Gasteiger partial charge is 0.507 e. The fourth-order valence-electron chi connectivity index (χ4n) is 4.32. The second-order valence-electron chi connectivity index (χ2n) is 8.77. The summed E-state index contributed by atoms with van der Waals surface area (Å²) >= 11 is 3.43. The summed E-state index contributed by atoms with van der Waals surface area (Å²) in [6, 6.07) is 19.0. The summed E-state index contributed by atoms with van der Waals surface area (Å²) in [7, 11) is 1.54. The van der Waals surface area contributed by atoms with Crippen LogP contribution < -0.4 is 14.4 Å². The van der Waals surface area contributed by atoms with Crippen molar-refractivity contribution < 1.29 is 24.2 Å². The van der Waals surface area contributed by atoms with Gasteiger partial charge in [0.15, 0.2) is 0 Å². The minimum atomic E-state index is -0.801. The molecule has 1 N–H and O–H groups in total. The number of halogens is 1. The van der Waals surface area contributed by atoms with Crippen molar-refractivity contribution in [2.24, 2.45) is 0 Å². The van der Waals surface area contributed by atoms with Gasteiger partial charge in [0, 0.05) is 11.3 Å². The van der Waals surface area contributed by atoms with Crippen LogP contribution in [0.4, 0.5) is 5.69 Å². The summed E-state index contributed by atoms with van der Waals surface area (Å²) in [6.07, 6.45) is 0. The number of hydrogen-bond donors (Lipinski definition) is 1. The highest BCUT2D eigenvalue weighted by Crippen LogP contribution is 2.43. The summed E-state index contributed by atoms with van der Waals surface area (Å²) < 4.78 is 11.4. The number of anilines is 1. The number of amides is 1. The van der Waals surface area contributed by atoms with E-state index in [9.17, 15) is 14.7 Å². The Bertz CT molecular complexity index is 1310. The fraction of sp³-hybridized carbons (Fsp3) is 0.241. The molecular weight excluding hydrogens is 522 g/mol. The summed E-state index contributed by atoms with van der Waals surface area (Å²) in [5.41, 5.74) is 2.82. The molecule has 1 fully saturated rings. The normalized spacial score (nSPS) is 17.1. The van der Waals surface area contributed by atoms with Crippen molar-refractivity contribution in [1.29, 1.82) is 0 Å². The van der Waals surface area contributed by atoms with E-state index in [0.717, 1.165) is 11.1 Å². The molecule has 0 aliphatic carbocycles. The molecule has 1 unspecified atom stereocenters. The van der Waals surface area contributed by atoms with Gasteiger partial charge >= 0.3 is 0 Å². The molecule has 0 saturated carbocycles. The van der Waals surface area contributed by atoms with E-state index in [0.29, 0.717) is 39.7 Å².